The van der Waals surface area contributed by atoms with E-state index in [1.165, 1.54) is 0 Å². The highest BCUT2D eigenvalue weighted by Crippen LogP contribution is 2.20. The van der Waals surface area contributed by atoms with Crippen molar-refractivity contribution >= 4 is 27.7 Å². The Bertz CT molecular complexity index is 921. The van der Waals surface area contributed by atoms with Crippen LogP contribution in [0.1, 0.15) is 16.7 Å². The number of benzene rings is 2. The number of ether oxygens (including phenoxy) is 1. The molecule has 0 aliphatic rings. The van der Waals surface area contributed by atoms with Gasteiger partial charge >= 0.3 is 0 Å². The van der Waals surface area contributed by atoms with Crippen LogP contribution in [0.5, 0.6) is 5.75 Å². The van der Waals surface area contributed by atoms with Gasteiger partial charge < -0.3 is 10.1 Å². The Labute approximate surface area is 161 Å². The predicted octanol–water partition coefficient (Wildman–Crippen LogP) is 4.33. The minimum atomic E-state index is -0.222. The molecule has 0 fully saturated rings. The van der Waals surface area contributed by atoms with Gasteiger partial charge in [-0.15, -0.1) is 0 Å². The van der Waals surface area contributed by atoms with Crippen molar-refractivity contribution in [2.45, 2.75) is 20.4 Å². The van der Waals surface area contributed by atoms with Crippen LogP contribution in [0.2, 0.25) is 0 Å². The number of carbonyl (C=O) groups excluding carboxylic acids is 1. The molecule has 1 amide bonds. The van der Waals surface area contributed by atoms with Gasteiger partial charge in [-0.3, -0.25) is 4.79 Å². The van der Waals surface area contributed by atoms with Crippen LogP contribution in [0.3, 0.4) is 0 Å². The minimum absolute atomic E-state index is 0.0511. The van der Waals surface area contributed by atoms with E-state index < -0.39 is 0 Å². The van der Waals surface area contributed by atoms with Crippen LogP contribution in [-0.4, -0.2) is 22.3 Å². The van der Waals surface area contributed by atoms with Gasteiger partial charge in [0, 0.05) is 10.5 Å². The maximum Gasteiger partial charge on any atom is 0.263 e. The smallest absolute Gasteiger partial charge is 0.263 e. The van der Waals surface area contributed by atoms with Crippen LogP contribution in [0, 0.1) is 13.8 Å². The van der Waals surface area contributed by atoms with Crippen molar-refractivity contribution in [3.8, 4) is 5.75 Å². The molecule has 5 nitrogen and oxygen atoms in total. The maximum atomic E-state index is 12.3. The largest absolute Gasteiger partial charge is 0.483 e. The zero-order chi connectivity index (χ0) is 18.5. The zero-order valence-electron chi connectivity index (χ0n) is 14.7. The predicted molar refractivity (Wildman–Crippen MR) is 106 cm³/mol. The summed E-state index contributed by atoms with van der Waals surface area (Å²) >= 11 is 3.53. The van der Waals surface area contributed by atoms with E-state index in [1.807, 2.05) is 56.3 Å². The Balaban J connectivity index is 1.63. The lowest BCUT2D eigenvalue weighted by molar-refractivity contribution is -0.118. The standard InChI is InChI=1S/C20H20BrN3O2/c1-14-7-8-15(2)18(11-14)26-13-20(25)23-19-9-10-22-24(19)12-16-5-3-4-6-17(16)21/h3-11H,12-13H2,1-2H3,(H,23,25). The van der Waals surface area contributed by atoms with Crippen LogP contribution in [-0.2, 0) is 11.3 Å². The van der Waals surface area contributed by atoms with Crippen molar-refractivity contribution in [2.75, 3.05) is 11.9 Å². The number of carbonyl (C=O) groups is 1. The molecule has 2 aromatic carbocycles. The fourth-order valence-corrected chi connectivity index (χ4v) is 2.95. The average Bonchev–Trinajstić information content (AvgIpc) is 3.04. The third-order valence-corrected chi connectivity index (χ3v) is 4.74. The summed E-state index contributed by atoms with van der Waals surface area (Å²) in [4.78, 5) is 12.3. The fourth-order valence-electron chi connectivity index (χ4n) is 2.54. The maximum absolute atomic E-state index is 12.3. The zero-order valence-corrected chi connectivity index (χ0v) is 16.3. The summed E-state index contributed by atoms with van der Waals surface area (Å²) in [5, 5.41) is 7.15. The molecular weight excluding hydrogens is 394 g/mol. The third-order valence-electron chi connectivity index (χ3n) is 3.96. The second-order valence-corrected chi connectivity index (χ2v) is 6.93. The summed E-state index contributed by atoms with van der Waals surface area (Å²) in [6.07, 6.45) is 1.66. The number of aryl methyl sites for hydroxylation is 2. The number of halogens is 1. The van der Waals surface area contributed by atoms with Gasteiger partial charge in [0.05, 0.1) is 12.7 Å². The highest BCUT2D eigenvalue weighted by Gasteiger charge is 2.10. The van der Waals surface area contributed by atoms with E-state index in [-0.39, 0.29) is 12.5 Å². The molecule has 6 heteroatoms. The lowest BCUT2D eigenvalue weighted by Crippen LogP contribution is -2.22. The SMILES string of the molecule is Cc1ccc(C)c(OCC(=O)Nc2ccnn2Cc2ccccc2Br)c1. The first-order valence-electron chi connectivity index (χ1n) is 8.28. The molecule has 1 heterocycles. The summed E-state index contributed by atoms with van der Waals surface area (Å²) in [5.41, 5.74) is 3.18. The first-order valence-corrected chi connectivity index (χ1v) is 9.07. The number of nitrogens with one attached hydrogen (secondary N) is 1. The quantitative estimate of drug-likeness (QED) is 0.654. The fraction of sp³-hybridized carbons (Fsp3) is 0.200. The monoisotopic (exact) mass is 413 g/mol. The van der Waals surface area contributed by atoms with Crippen molar-refractivity contribution in [2.24, 2.45) is 0 Å². The normalized spacial score (nSPS) is 10.6. The van der Waals surface area contributed by atoms with Crippen LogP contribution < -0.4 is 10.1 Å². The molecule has 0 aliphatic carbocycles. The number of aromatic nitrogens is 2. The number of hydrogen-bond donors (Lipinski definition) is 1. The van der Waals surface area contributed by atoms with Gasteiger partial charge in [0.25, 0.3) is 5.91 Å². The summed E-state index contributed by atoms with van der Waals surface area (Å²) < 4.78 is 8.41. The Morgan fingerprint density at radius 3 is 2.81 bits per heavy atom. The average molecular weight is 414 g/mol. The Morgan fingerprint density at radius 2 is 2.00 bits per heavy atom. The number of nitrogens with zero attached hydrogens (tertiary/aromatic N) is 2. The lowest BCUT2D eigenvalue weighted by Gasteiger charge is -2.12. The number of anilines is 1. The molecule has 0 unspecified atom stereocenters. The van der Waals surface area contributed by atoms with Crippen molar-refractivity contribution in [1.82, 2.24) is 9.78 Å². The van der Waals surface area contributed by atoms with Gasteiger partial charge in [0.15, 0.2) is 6.61 Å². The molecule has 0 bridgehead atoms. The molecule has 0 spiro atoms. The molecule has 3 rings (SSSR count). The van der Waals surface area contributed by atoms with E-state index in [4.69, 9.17) is 4.74 Å². The highest BCUT2D eigenvalue weighted by molar-refractivity contribution is 9.10. The van der Waals surface area contributed by atoms with E-state index >= 15 is 0 Å². The molecule has 0 saturated carbocycles. The molecule has 26 heavy (non-hydrogen) atoms. The van der Waals surface area contributed by atoms with Gasteiger partial charge in [-0.05, 0) is 42.7 Å². The summed E-state index contributed by atoms with van der Waals surface area (Å²) in [5.74, 6) is 1.14. The topological polar surface area (TPSA) is 56.1 Å². The van der Waals surface area contributed by atoms with Crippen molar-refractivity contribution in [3.63, 3.8) is 0 Å². The van der Waals surface area contributed by atoms with Gasteiger partial charge in [0.2, 0.25) is 0 Å². The summed E-state index contributed by atoms with van der Waals surface area (Å²) in [6.45, 7) is 4.46. The second-order valence-electron chi connectivity index (χ2n) is 6.07. The molecule has 0 radical (unpaired) electrons. The first kappa shape index (κ1) is 18.2. The van der Waals surface area contributed by atoms with Gasteiger partial charge in [0.1, 0.15) is 11.6 Å². The van der Waals surface area contributed by atoms with Gasteiger partial charge in [-0.25, -0.2) is 4.68 Å². The number of hydrogen-bond acceptors (Lipinski definition) is 3. The van der Waals surface area contributed by atoms with Crippen LogP contribution in [0.15, 0.2) is 59.2 Å². The second kappa shape index (κ2) is 8.19. The van der Waals surface area contributed by atoms with Gasteiger partial charge in [-0.1, -0.05) is 46.3 Å². The highest BCUT2D eigenvalue weighted by atomic mass is 79.9. The van der Waals surface area contributed by atoms with Crippen LogP contribution >= 0.6 is 15.9 Å². The van der Waals surface area contributed by atoms with Crippen molar-refractivity contribution in [3.05, 3.63) is 75.9 Å². The van der Waals surface area contributed by atoms with E-state index in [0.29, 0.717) is 12.4 Å². The molecule has 0 atom stereocenters. The van der Waals surface area contributed by atoms with E-state index in [2.05, 4.69) is 26.3 Å². The van der Waals surface area contributed by atoms with Crippen LogP contribution in [0.25, 0.3) is 0 Å². The van der Waals surface area contributed by atoms with E-state index in [9.17, 15) is 4.79 Å². The Morgan fingerprint density at radius 1 is 1.19 bits per heavy atom. The lowest BCUT2D eigenvalue weighted by atomic mass is 10.1. The third kappa shape index (κ3) is 4.52. The van der Waals surface area contributed by atoms with E-state index in [0.717, 1.165) is 26.9 Å². The van der Waals surface area contributed by atoms with Crippen molar-refractivity contribution < 1.29 is 9.53 Å². The molecule has 1 N–H and O–H groups in total. The van der Waals surface area contributed by atoms with Gasteiger partial charge in [-0.2, -0.15) is 5.10 Å². The summed E-state index contributed by atoms with van der Waals surface area (Å²) in [6, 6.07) is 15.6. The molecule has 134 valence electrons. The molecule has 0 aliphatic heterocycles. The minimum Gasteiger partial charge on any atom is -0.483 e. The summed E-state index contributed by atoms with van der Waals surface area (Å²) in [7, 11) is 0. The molecular formula is C20H20BrN3O2. The Kier molecular flexibility index (Phi) is 5.73. The first-order chi connectivity index (χ1) is 12.5. The number of amides is 1. The Hall–Kier alpha value is -2.60. The van der Waals surface area contributed by atoms with E-state index in [1.54, 1.807) is 16.9 Å². The number of rotatable bonds is 6. The molecule has 1 aromatic heterocycles. The molecule has 3 aromatic rings. The molecule has 0 saturated heterocycles. The van der Waals surface area contributed by atoms with Crippen LogP contribution in [0.4, 0.5) is 5.82 Å². The van der Waals surface area contributed by atoms with Crippen molar-refractivity contribution in [1.29, 1.82) is 0 Å².